The van der Waals surface area contributed by atoms with Crippen LogP contribution in [-0.2, 0) is 16.4 Å². The number of sulfonamides is 1. The Balaban J connectivity index is 1.70. The highest BCUT2D eigenvalue weighted by atomic mass is 32.2. The molecule has 4 rings (SSSR count). The lowest BCUT2D eigenvalue weighted by Crippen LogP contribution is -2.29. The van der Waals surface area contributed by atoms with Gasteiger partial charge in [-0.05, 0) is 61.6 Å². The standard InChI is InChI=1S/C19H22N2O2S/c1-15-6-2-3-7-19(15)24(22,23)21-13-10-16-14-17(8-9-18(16)21)20-11-4-5-12-20/h2-3,6-9,14H,4-5,10-13H2,1H3. The molecule has 2 aliphatic rings. The fourth-order valence-electron chi connectivity index (χ4n) is 3.74. The van der Waals surface area contributed by atoms with E-state index >= 15 is 0 Å². The Morgan fingerprint density at radius 2 is 1.71 bits per heavy atom. The highest BCUT2D eigenvalue weighted by Gasteiger charge is 2.32. The summed E-state index contributed by atoms with van der Waals surface area (Å²) in [4.78, 5) is 2.79. The van der Waals surface area contributed by atoms with Gasteiger partial charge in [0.1, 0.15) is 0 Å². The topological polar surface area (TPSA) is 40.6 Å². The van der Waals surface area contributed by atoms with Crippen molar-refractivity contribution in [2.75, 3.05) is 28.8 Å². The summed E-state index contributed by atoms with van der Waals surface area (Å²) in [6, 6.07) is 13.4. The molecule has 2 aromatic carbocycles. The van der Waals surface area contributed by atoms with Crippen LogP contribution < -0.4 is 9.21 Å². The number of hydrogen-bond acceptors (Lipinski definition) is 3. The lowest BCUT2D eigenvalue weighted by atomic mass is 10.1. The molecule has 0 radical (unpaired) electrons. The smallest absolute Gasteiger partial charge is 0.264 e. The van der Waals surface area contributed by atoms with Gasteiger partial charge in [-0.15, -0.1) is 0 Å². The molecule has 2 aliphatic heterocycles. The molecule has 0 N–H and O–H groups in total. The third-order valence-corrected chi connectivity index (χ3v) is 7.02. The van der Waals surface area contributed by atoms with Crippen LogP contribution in [0, 0.1) is 6.92 Å². The lowest BCUT2D eigenvalue weighted by Gasteiger charge is -2.22. The molecule has 2 aromatic rings. The van der Waals surface area contributed by atoms with Gasteiger partial charge in [-0.1, -0.05) is 18.2 Å². The second-order valence-corrected chi connectivity index (χ2v) is 8.43. The Kier molecular flexibility index (Phi) is 3.76. The minimum absolute atomic E-state index is 0.404. The van der Waals surface area contributed by atoms with Crippen molar-refractivity contribution in [2.45, 2.75) is 31.1 Å². The number of aryl methyl sites for hydroxylation is 1. The van der Waals surface area contributed by atoms with Crippen LogP contribution in [0.15, 0.2) is 47.4 Å². The molecule has 0 unspecified atom stereocenters. The zero-order valence-electron chi connectivity index (χ0n) is 13.9. The molecule has 1 fully saturated rings. The Labute approximate surface area is 143 Å². The number of nitrogens with zero attached hydrogens (tertiary/aromatic N) is 2. The van der Waals surface area contributed by atoms with E-state index in [1.54, 1.807) is 16.4 Å². The largest absolute Gasteiger partial charge is 0.372 e. The number of hydrogen-bond donors (Lipinski definition) is 0. The van der Waals surface area contributed by atoms with Crippen molar-refractivity contribution in [3.05, 3.63) is 53.6 Å². The van der Waals surface area contributed by atoms with Crippen molar-refractivity contribution in [1.82, 2.24) is 0 Å². The molecule has 0 bridgehead atoms. The number of benzene rings is 2. The Morgan fingerprint density at radius 3 is 2.46 bits per heavy atom. The van der Waals surface area contributed by atoms with Gasteiger partial charge in [0.25, 0.3) is 10.0 Å². The second kappa shape index (κ2) is 5.81. The van der Waals surface area contributed by atoms with Gasteiger partial charge in [0.2, 0.25) is 0 Å². The monoisotopic (exact) mass is 342 g/mol. The van der Waals surface area contributed by atoms with Gasteiger partial charge < -0.3 is 4.90 Å². The van der Waals surface area contributed by atoms with Crippen LogP contribution in [0.25, 0.3) is 0 Å². The van der Waals surface area contributed by atoms with Crippen LogP contribution >= 0.6 is 0 Å². The van der Waals surface area contributed by atoms with E-state index in [-0.39, 0.29) is 0 Å². The minimum atomic E-state index is -3.49. The first-order chi connectivity index (χ1) is 11.6. The number of fused-ring (bicyclic) bond motifs is 1. The van der Waals surface area contributed by atoms with E-state index in [4.69, 9.17) is 0 Å². The van der Waals surface area contributed by atoms with Gasteiger partial charge in [0.05, 0.1) is 10.6 Å². The van der Waals surface area contributed by atoms with Crippen LogP contribution in [0.4, 0.5) is 11.4 Å². The normalized spacial score (nSPS) is 17.4. The SMILES string of the molecule is Cc1ccccc1S(=O)(=O)N1CCc2cc(N3CCCC3)ccc21. The van der Waals surface area contributed by atoms with Crippen LogP contribution in [0.2, 0.25) is 0 Å². The molecule has 0 aromatic heterocycles. The summed E-state index contributed by atoms with van der Waals surface area (Å²) in [6.45, 7) is 4.57. The summed E-state index contributed by atoms with van der Waals surface area (Å²) in [5.74, 6) is 0. The van der Waals surface area contributed by atoms with Gasteiger partial charge in [0, 0.05) is 25.3 Å². The quantitative estimate of drug-likeness (QED) is 0.859. The van der Waals surface area contributed by atoms with Crippen molar-refractivity contribution in [3.63, 3.8) is 0 Å². The third kappa shape index (κ3) is 2.47. The first-order valence-electron chi connectivity index (χ1n) is 8.53. The van der Waals surface area contributed by atoms with Crippen molar-refractivity contribution in [3.8, 4) is 0 Å². The summed E-state index contributed by atoms with van der Waals surface area (Å²) < 4.78 is 27.7. The van der Waals surface area contributed by atoms with Crippen LogP contribution in [0.3, 0.4) is 0 Å². The van der Waals surface area contributed by atoms with Crippen LogP contribution in [0.5, 0.6) is 0 Å². The summed E-state index contributed by atoms with van der Waals surface area (Å²) >= 11 is 0. The predicted octanol–water partition coefficient (Wildman–Crippen LogP) is 3.35. The Morgan fingerprint density at radius 1 is 0.958 bits per heavy atom. The van der Waals surface area contributed by atoms with E-state index in [0.29, 0.717) is 11.4 Å². The van der Waals surface area contributed by atoms with E-state index in [1.165, 1.54) is 18.5 Å². The first kappa shape index (κ1) is 15.5. The summed E-state index contributed by atoms with van der Waals surface area (Å²) in [6.07, 6.45) is 3.26. The molecule has 0 atom stereocenters. The third-order valence-electron chi connectivity index (χ3n) is 5.05. The Bertz CT molecular complexity index is 871. The molecule has 1 saturated heterocycles. The average Bonchev–Trinajstić information content (AvgIpc) is 3.24. The van der Waals surface area contributed by atoms with E-state index in [9.17, 15) is 8.42 Å². The van der Waals surface area contributed by atoms with Crippen LogP contribution in [0.1, 0.15) is 24.0 Å². The molecule has 4 nitrogen and oxygen atoms in total. The molecule has 0 amide bonds. The van der Waals surface area contributed by atoms with Crippen molar-refractivity contribution in [2.24, 2.45) is 0 Å². The van der Waals surface area contributed by atoms with Gasteiger partial charge >= 0.3 is 0 Å². The molecule has 0 saturated carbocycles. The first-order valence-corrected chi connectivity index (χ1v) is 9.97. The fourth-order valence-corrected chi connectivity index (χ4v) is 5.48. The Hall–Kier alpha value is -2.01. The second-order valence-electron chi connectivity index (χ2n) is 6.60. The lowest BCUT2D eigenvalue weighted by molar-refractivity contribution is 0.591. The van der Waals surface area contributed by atoms with Crippen molar-refractivity contribution in [1.29, 1.82) is 0 Å². The molecular weight excluding hydrogens is 320 g/mol. The molecule has 5 heteroatoms. The van der Waals surface area contributed by atoms with E-state index in [2.05, 4.69) is 17.0 Å². The minimum Gasteiger partial charge on any atom is -0.372 e. The van der Waals surface area contributed by atoms with Gasteiger partial charge in [-0.2, -0.15) is 0 Å². The summed E-state index contributed by atoms with van der Waals surface area (Å²) in [5.41, 5.74) is 3.98. The summed E-state index contributed by atoms with van der Waals surface area (Å²) in [7, 11) is -3.49. The molecule has 126 valence electrons. The maximum absolute atomic E-state index is 13.1. The van der Waals surface area contributed by atoms with Crippen LogP contribution in [-0.4, -0.2) is 28.1 Å². The van der Waals surface area contributed by atoms with Gasteiger partial charge in [-0.3, -0.25) is 4.31 Å². The van der Waals surface area contributed by atoms with E-state index in [1.807, 2.05) is 25.1 Å². The van der Waals surface area contributed by atoms with Gasteiger partial charge in [-0.25, -0.2) is 8.42 Å². The van der Waals surface area contributed by atoms with Gasteiger partial charge in [0.15, 0.2) is 0 Å². The van der Waals surface area contributed by atoms with E-state index < -0.39 is 10.0 Å². The van der Waals surface area contributed by atoms with E-state index in [0.717, 1.165) is 36.3 Å². The maximum Gasteiger partial charge on any atom is 0.264 e. The highest BCUT2D eigenvalue weighted by molar-refractivity contribution is 7.93. The molecular formula is C19H22N2O2S. The zero-order valence-corrected chi connectivity index (χ0v) is 14.7. The molecule has 2 heterocycles. The molecule has 0 spiro atoms. The number of anilines is 2. The predicted molar refractivity (Wildman–Crippen MR) is 97.3 cm³/mol. The average molecular weight is 342 g/mol. The molecule has 0 aliphatic carbocycles. The van der Waals surface area contributed by atoms with Crippen molar-refractivity contribution < 1.29 is 8.42 Å². The highest BCUT2D eigenvalue weighted by Crippen LogP contribution is 2.36. The number of rotatable bonds is 3. The van der Waals surface area contributed by atoms with Crippen molar-refractivity contribution >= 4 is 21.4 Å². The maximum atomic E-state index is 13.1. The zero-order chi connectivity index (χ0) is 16.7. The fraction of sp³-hybridized carbons (Fsp3) is 0.368. The summed E-state index contributed by atoms with van der Waals surface area (Å²) in [5, 5.41) is 0. The molecule has 24 heavy (non-hydrogen) atoms.